The van der Waals surface area contributed by atoms with Crippen LogP contribution in [0.25, 0.3) is 0 Å². The van der Waals surface area contributed by atoms with E-state index in [1.54, 1.807) is 6.26 Å². The SMILES string of the molecule is CCCCCCCCCCCCCCCCCC/C=C/OC[C@H](COP(=O)(O)OCCN)OC(=O)CCCCCCCCCCCCCCCCCCCC. The van der Waals surface area contributed by atoms with Gasteiger partial charge in [-0.2, -0.15) is 0 Å². The molecule has 328 valence electrons. The Labute approximate surface area is 341 Å². The number of nitrogens with two attached hydrogens (primary N) is 1. The summed E-state index contributed by atoms with van der Waals surface area (Å²) in [5.41, 5.74) is 5.37. The molecular weight excluding hydrogens is 709 g/mol. The number of unbranched alkanes of at least 4 members (excludes halogenated alkanes) is 33. The molecule has 8 nitrogen and oxygen atoms in total. The monoisotopic (exact) mass is 802 g/mol. The molecule has 0 fully saturated rings. The summed E-state index contributed by atoms with van der Waals surface area (Å²) in [4.78, 5) is 22.5. The van der Waals surface area contributed by atoms with Gasteiger partial charge in [-0.05, 0) is 25.3 Å². The topological polar surface area (TPSA) is 117 Å². The summed E-state index contributed by atoms with van der Waals surface area (Å²) >= 11 is 0. The van der Waals surface area contributed by atoms with Crippen LogP contribution >= 0.6 is 7.82 Å². The molecule has 0 spiro atoms. The predicted octanol–water partition coefficient (Wildman–Crippen LogP) is 14.6. The quantitative estimate of drug-likeness (QED) is 0.0270. The fourth-order valence-electron chi connectivity index (χ4n) is 7.02. The van der Waals surface area contributed by atoms with Crippen LogP contribution in [-0.2, 0) is 27.9 Å². The maximum Gasteiger partial charge on any atom is 0.472 e. The molecule has 0 aliphatic heterocycles. The van der Waals surface area contributed by atoms with E-state index in [9.17, 15) is 14.3 Å². The van der Waals surface area contributed by atoms with E-state index >= 15 is 0 Å². The zero-order chi connectivity index (χ0) is 40.2. The molecule has 9 heteroatoms. The first-order valence-electron chi connectivity index (χ1n) is 23.7. The van der Waals surface area contributed by atoms with Crippen LogP contribution < -0.4 is 5.73 Å². The van der Waals surface area contributed by atoms with Gasteiger partial charge in [-0.15, -0.1) is 0 Å². The Balaban J connectivity index is 3.98. The lowest BCUT2D eigenvalue weighted by Gasteiger charge is -2.19. The molecule has 0 aliphatic carbocycles. The van der Waals surface area contributed by atoms with Gasteiger partial charge >= 0.3 is 13.8 Å². The van der Waals surface area contributed by atoms with Crippen LogP contribution in [-0.4, -0.2) is 43.3 Å². The second-order valence-corrected chi connectivity index (χ2v) is 17.5. The van der Waals surface area contributed by atoms with Crippen molar-refractivity contribution in [1.82, 2.24) is 0 Å². The Kier molecular flexibility index (Phi) is 43.4. The average molecular weight is 802 g/mol. The number of phosphoric ester groups is 1. The predicted molar refractivity (Wildman–Crippen MR) is 233 cm³/mol. The lowest BCUT2D eigenvalue weighted by molar-refractivity contribution is -0.153. The number of carbonyl (C=O) groups is 1. The lowest BCUT2D eigenvalue weighted by atomic mass is 10.0. The highest BCUT2D eigenvalue weighted by Gasteiger charge is 2.25. The molecule has 0 aromatic carbocycles. The van der Waals surface area contributed by atoms with E-state index < -0.39 is 13.9 Å². The number of rotatable bonds is 46. The van der Waals surface area contributed by atoms with Gasteiger partial charge in [0.1, 0.15) is 6.61 Å². The molecule has 1 unspecified atom stereocenters. The molecule has 0 bridgehead atoms. The van der Waals surface area contributed by atoms with Crippen molar-refractivity contribution in [2.45, 2.75) is 251 Å². The minimum Gasteiger partial charge on any atom is -0.498 e. The highest BCUT2D eigenvalue weighted by molar-refractivity contribution is 7.47. The van der Waals surface area contributed by atoms with Gasteiger partial charge in [0.15, 0.2) is 6.10 Å². The average Bonchev–Trinajstić information content (AvgIpc) is 3.17. The van der Waals surface area contributed by atoms with E-state index in [-0.39, 0.29) is 32.3 Å². The first kappa shape index (κ1) is 54.1. The van der Waals surface area contributed by atoms with Crippen molar-refractivity contribution in [3.8, 4) is 0 Å². The van der Waals surface area contributed by atoms with Crippen molar-refractivity contribution >= 4 is 13.8 Å². The van der Waals surface area contributed by atoms with E-state index in [2.05, 4.69) is 13.8 Å². The highest BCUT2D eigenvalue weighted by Crippen LogP contribution is 2.43. The van der Waals surface area contributed by atoms with Crippen LogP contribution in [0.3, 0.4) is 0 Å². The van der Waals surface area contributed by atoms with Crippen molar-refractivity contribution in [2.24, 2.45) is 5.73 Å². The molecule has 3 N–H and O–H groups in total. The highest BCUT2D eigenvalue weighted by atomic mass is 31.2. The van der Waals surface area contributed by atoms with Crippen LogP contribution in [0.4, 0.5) is 0 Å². The van der Waals surface area contributed by atoms with Crippen LogP contribution in [0.15, 0.2) is 12.3 Å². The zero-order valence-corrected chi connectivity index (χ0v) is 37.3. The van der Waals surface area contributed by atoms with Gasteiger partial charge in [0, 0.05) is 13.0 Å². The number of esters is 1. The fraction of sp³-hybridized carbons (Fsp3) is 0.935. The minimum atomic E-state index is -4.29. The van der Waals surface area contributed by atoms with Gasteiger partial charge in [0.2, 0.25) is 0 Å². The number of hydrogen-bond donors (Lipinski definition) is 2. The van der Waals surface area contributed by atoms with E-state index in [4.69, 9.17) is 24.3 Å². The van der Waals surface area contributed by atoms with Gasteiger partial charge in [-0.3, -0.25) is 13.8 Å². The first-order chi connectivity index (χ1) is 26.9. The minimum absolute atomic E-state index is 0.0389. The van der Waals surface area contributed by atoms with E-state index in [1.165, 1.54) is 193 Å². The maximum absolute atomic E-state index is 12.6. The van der Waals surface area contributed by atoms with Gasteiger partial charge in [-0.1, -0.05) is 219 Å². The number of phosphoric acid groups is 1. The molecule has 0 saturated heterocycles. The molecule has 0 heterocycles. The maximum atomic E-state index is 12.6. The lowest BCUT2D eigenvalue weighted by Crippen LogP contribution is -2.27. The van der Waals surface area contributed by atoms with Crippen LogP contribution in [0.5, 0.6) is 0 Å². The molecule has 0 aromatic rings. The Hall–Kier alpha value is -0.920. The smallest absolute Gasteiger partial charge is 0.472 e. The van der Waals surface area contributed by atoms with Crippen molar-refractivity contribution in [1.29, 1.82) is 0 Å². The summed E-state index contributed by atoms with van der Waals surface area (Å²) in [6, 6.07) is 0. The molecule has 0 radical (unpaired) electrons. The number of ether oxygens (including phenoxy) is 2. The third kappa shape index (κ3) is 44.0. The molecule has 0 amide bonds. The zero-order valence-electron chi connectivity index (χ0n) is 36.4. The molecular formula is C46H92NO7P. The summed E-state index contributed by atoms with van der Waals surface area (Å²) in [6.45, 7) is 4.29. The van der Waals surface area contributed by atoms with E-state index in [0.717, 1.165) is 32.1 Å². The third-order valence-electron chi connectivity index (χ3n) is 10.5. The fourth-order valence-corrected chi connectivity index (χ4v) is 7.79. The summed E-state index contributed by atoms with van der Waals surface area (Å²) in [5, 5.41) is 0. The second-order valence-electron chi connectivity index (χ2n) is 16.1. The van der Waals surface area contributed by atoms with Gasteiger partial charge in [-0.25, -0.2) is 4.57 Å². The summed E-state index contributed by atoms with van der Waals surface area (Å²) in [7, 11) is -4.29. The Morgan fingerprint density at radius 2 is 0.909 bits per heavy atom. The molecule has 0 rings (SSSR count). The van der Waals surface area contributed by atoms with E-state index in [1.807, 2.05) is 6.08 Å². The van der Waals surface area contributed by atoms with Crippen molar-refractivity contribution in [3.05, 3.63) is 12.3 Å². The van der Waals surface area contributed by atoms with Crippen molar-refractivity contribution in [2.75, 3.05) is 26.4 Å². The Bertz CT molecular complexity index is 858. The van der Waals surface area contributed by atoms with Gasteiger partial charge < -0.3 is 20.1 Å². The van der Waals surface area contributed by atoms with Crippen LogP contribution in [0.1, 0.15) is 245 Å². The largest absolute Gasteiger partial charge is 0.498 e. The number of allylic oxidation sites excluding steroid dienone is 1. The molecule has 55 heavy (non-hydrogen) atoms. The Morgan fingerprint density at radius 1 is 0.545 bits per heavy atom. The normalized spacial score (nSPS) is 13.4. The standard InChI is InChI=1S/C46H92NO7P/c1-3-5-7-9-11-13-15-17-19-21-23-25-27-29-31-33-35-37-39-46(48)54-45(44-53-55(49,50)52-42-40-47)43-51-41-38-36-34-32-30-28-26-24-22-20-18-16-14-12-10-8-6-4-2/h38,41,45H,3-37,39-40,42-44,47H2,1-2H3,(H,49,50)/b41-38+/t45-/m1/s1. The molecule has 2 atom stereocenters. The third-order valence-corrected chi connectivity index (χ3v) is 11.5. The summed E-state index contributed by atoms with van der Waals surface area (Å²) in [5.74, 6) is -0.346. The molecule has 0 saturated carbocycles. The van der Waals surface area contributed by atoms with Crippen molar-refractivity contribution in [3.63, 3.8) is 0 Å². The van der Waals surface area contributed by atoms with Crippen LogP contribution in [0.2, 0.25) is 0 Å². The van der Waals surface area contributed by atoms with Gasteiger partial charge in [0.05, 0.1) is 19.5 Å². The first-order valence-corrected chi connectivity index (χ1v) is 25.2. The van der Waals surface area contributed by atoms with Crippen LogP contribution in [0, 0.1) is 0 Å². The Morgan fingerprint density at radius 3 is 1.29 bits per heavy atom. The summed E-state index contributed by atoms with van der Waals surface area (Å²) < 4.78 is 33.3. The van der Waals surface area contributed by atoms with E-state index in [0.29, 0.717) is 6.42 Å². The molecule has 0 aromatic heterocycles. The van der Waals surface area contributed by atoms with Gasteiger partial charge in [0.25, 0.3) is 0 Å². The summed E-state index contributed by atoms with van der Waals surface area (Å²) in [6.07, 6.45) is 49.0. The second kappa shape index (κ2) is 44.2. The number of hydrogen-bond acceptors (Lipinski definition) is 7. The van der Waals surface area contributed by atoms with Crippen molar-refractivity contribution < 1.29 is 32.8 Å². The number of carbonyl (C=O) groups excluding carboxylic acids is 1. The molecule has 0 aliphatic rings.